The molecule has 0 aliphatic heterocycles. The summed E-state index contributed by atoms with van der Waals surface area (Å²) in [5.41, 5.74) is 3.25. The monoisotopic (exact) mass is 380 g/mol. The first-order valence-electron chi connectivity index (χ1n) is 9.10. The lowest BCUT2D eigenvalue weighted by atomic mass is 10.1. The van der Waals surface area contributed by atoms with E-state index in [4.69, 9.17) is 9.47 Å². The van der Waals surface area contributed by atoms with Gasteiger partial charge in [0.1, 0.15) is 0 Å². The van der Waals surface area contributed by atoms with E-state index in [0.717, 1.165) is 17.7 Å². The topological polar surface area (TPSA) is 78.3 Å². The summed E-state index contributed by atoms with van der Waals surface area (Å²) in [6.45, 7) is 4.00. The van der Waals surface area contributed by atoms with Crippen LogP contribution in [0, 0.1) is 0 Å². The smallest absolute Gasteiger partial charge is 0.273 e. The quantitative estimate of drug-likeness (QED) is 0.680. The number of ether oxygens (including phenoxy) is 2. The van der Waals surface area contributed by atoms with Crippen LogP contribution in [0.3, 0.4) is 0 Å². The van der Waals surface area contributed by atoms with Crippen molar-refractivity contribution in [3.8, 4) is 17.2 Å². The van der Waals surface area contributed by atoms with Crippen molar-refractivity contribution in [3.63, 3.8) is 0 Å². The lowest BCUT2D eigenvalue weighted by molar-refractivity contribution is 0.0934. The fourth-order valence-electron chi connectivity index (χ4n) is 2.85. The Morgan fingerprint density at radius 1 is 1.11 bits per heavy atom. The van der Waals surface area contributed by atoms with Crippen molar-refractivity contribution < 1.29 is 14.3 Å². The number of aryl methyl sites for hydroxylation is 1. The molecule has 0 fully saturated rings. The van der Waals surface area contributed by atoms with Gasteiger partial charge in [-0.2, -0.15) is 0 Å². The summed E-state index contributed by atoms with van der Waals surface area (Å²) in [4.78, 5) is 12.6. The maximum Gasteiger partial charge on any atom is 0.273 e. The van der Waals surface area contributed by atoms with Crippen molar-refractivity contribution in [1.82, 2.24) is 20.3 Å². The molecule has 0 saturated carbocycles. The number of amides is 1. The number of carbonyl (C=O) groups is 1. The molecule has 0 aliphatic carbocycles. The number of rotatable bonds is 7. The number of methoxy groups -OCH3 is 2. The summed E-state index contributed by atoms with van der Waals surface area (Å²) in [6, 6.07) is 13.3. The van der Waals surface area contributed by atoms with Crippen molar-refractivity contribution in [2.75, 3.05) is 14.2 Å². The minimum atomic E-state index is -0.293. The highest BCUT2D eigenvalue weighted by molar-refractivity contribution is 5.92. The predicted molar refractivity (Wildman–Crippen MR) is 106 cm³/mol. The van der Waals surface area contributed by atoms with E-state index in [1.165, 1.54) is 5.56 Å². The van der Waals surface area contributed by atoms with Gasteiger partial charge >= 0.3 is 0 Å². The number of hydrogen-bond acceptors (Lipinski definition) is 5. The van der Waals surface area contributed by atoms with E-state index >= 15 is 0 Å². The minimum absolute atomic E-state index is 0.235. The molecule has 1 aromatic heterocycles. The molecule has 0 radical (unpaired) electrons. The standard InChI is InChI=1S/C21H24N4O3/c1-5-15-6-9-17(10-7-15)25-13-18(23-24-25)21(26)22-14(2)16-8-11-19(27-3)20(12-16)28-4/h6-14H,5H2,1-4H3,(H,22,26). The minimum Gasteiger partial charge on any atom is -0.493 e. The number of aromatic nitrogens is 3. The summed E-state index contributed by atoms with van der Waals surface area (Å²) in [6.07, 6.45) is 2.59. The fourth-order valence-corrected chi connectivity index (χ4v) is 2.85. The van der Waals surface area contributed by atoms with Gasteiger partial charge in [-0.1, -0.05) is 30.3 Å². The first-order valence-corrected chi connectivity index (χ1v) is 9.10. The summed E-state index contributed by atoms with van der Waals surface area (Å²) < 4.78 is 12.2. The summed E-state index contributed by atoms with van der Waals surface area (Å²) in [7, 11) is 3.16. The molecule has 1 heterocycles. The molecule has 28 heavy (non-hydrogen) atoms. The zero-order valence-electron chi connectivity index (χ0n) is 16.5. The Kier molecular flexibility index (Phi) is 5.93. The summed E-state index contributed by atoms with van der Waals surface area (Å²) in [5, 5.41) is 11.0. The van der Waals surface area contributed by atoms with Gasteiger partial charge in [0, 0.05) is 0 Å². The molecule has 1 unspecified atom stereocenters. The van der Waals surface area contributed by atoms with Gasteiger partial charge in [-0.3, -0.25) is 4.79 Å². The van der Waals surface area contributed by atoms with Crippen LogP contribution in [0.1, 0.15) is 41.5 Å². The molecule has 1 N–H and O–H groups in total. The molecule has 7 heteroatoms. The second-order valence-corrected chi connectivity index (χ2v) is 6.38. The number of carbonyl (C=O) groups excluding carboxylic acids is 1. The largest absolute Gasteiger partial charge is 0.493 e. The molecule has 3 aromatic rings. The molecule has 0 bridgehead atoms. The van der Waals surface area contributed by atoms with Crippen molar-refractivity contribution >= 4 is 5.91 Å². The van der Waals surface area contributed by atoms with E-state index in [9.17, 15) is 4.79 Å². The Morgan fingerprint density at radius 3 is 2.46 bits per heavy atom. The van der Waals surface area contributed by atoms with Crippen LogP contribution >= 0.6 is 0 Å². The molecule has 3 rings (SSSR count). The van der Waals surface area contributed by atoms with E-state index < -0.39 is 0 Å². The highest BCUT2D eigenvalue weighted by Gasteiger charge is 2.16. The number of nitrogens with one attached hydrogen (secondary N) is 1. The predicted octanol–water partition coefficient (Wildman–Crippen LogP) is 3.34. The molecule has 7 nitrogen and oxygen atoms in total. The van der Waals surface area contributed by atoms with Gasteiger partial charge in [0.25, 0.3) is 5.91 Å². The van der Waals surface area contributed by atoms with Gasteiger partial charge in [0.05, 0.1) is 32.1 Å². The maximum atomic E-state index is 12.6. The SMILES string of the molecule is CCc1ccc(-n2cc(C(=O)NC(C)c3ccc(OC)c(OC)c3)nn2)cc1. The highest BCUT2D eigenvalue weighted by Crippen LogP contribution is 2.29. The third-order valence-corrected chi connectivity index (χ3v) is 4.59. The molecule has 1 amide bonds. The van der Waals surface area contributed by atoms with Crippen molar-refractivity contribution in [2.45, 2.75) is 26.3 Å². The number of nitrogens with zero attached hydrogens (tertiary/aromatic N) is 3. The first-order chi connectivity index (χ1) is 13.5. The van der Waals surface area contributed by atoms with Crippen LogP contribution < -0.4 is 14.8 Å². The van der Waals surface area contributed by atoms with E-state index in [-0.39, 0.29) is 17.6 Å². The fraction of sp³-hybridized carbons (Fsp3) is 0.286. The van der Waals surface area contributed by atoms with Gasteiger partial charge in [0.2, 0.25) is 0 Å². The van der Waals surface area contributed by atoms with Crippen LogP contribution in [0.4, 0.5) is 0 Å². The number of benzene rings is 2. The molecular weight excluding hydrogens is 356 g/mol. The highest BCUT2D eigenvalue weighted by atomic mass is 16.5. The maximum absolute atomic E-state index is 12.6. The zero-order valence-corrected chi connectivity index (χ0v) is 16.5. The van der Waals surface area contributed by atoms with Gasteiger partial charge in [0.15, 0.2) is 17.2 Å². The van der Waals surface area contributed by atoms with Crippen LogP contribution in [-0.2, 0) is 6.42 Å². The molecular formula is C21H24N4O3. The van der Waals surface area contributed by atoms with Gasteiger partial charge in [-0.25, -0.2) is 4.68 Å². The molecule has 0 spiro atoms. The van der Waals surface area contributed by atoms with E-state index in [2.05, 4.69) is 22.6 Å². The average Bonchev–Trinajstić information content (AvgIpc) is 3.23. The van der Waals surface area contributed by atoms with Crippen molar-refractivity contribution in [1.29, 1.82) is 0 Å². The van der Waals surface area contributed by atoms with Gasteiger partial charge in [-0.05, 0) is 48.7 Å². The lowest BCUT2D eigenvalue weighted by Crippen LogP contribution is -2.27. The molecule has 0 aliphatic rings. The summed E-state index contributed by atoms with van der Waals surface area (Å²) in [5.74, 6) is 0.961. The molecule has 2 aromatic carbocycles. The van der Waals surface area contributed by atoms with Crippen LogP contribution in [0.5, 0.6) is 11.5 Å². The van der Waals surface area contributed by atoms with Gasteiger partial charge in [-0.15, -0.1) is 5.10 Å². The Morgan fingerprint density at radius 2 is 1.82 bits per heavy atom. The van der Waals surface area contributed by atoms with Gasteiger partial charge < -0.3 is 14.8 Å². The Labute approximate surface area is 164 Å². The number of hydrogen-bond donors (Lipinski definition) is 1. The molecule has 146 valence electrons. The third kappa shape index (κ3) is 4.14. The third-order valence-electron chi connectivity index (χ3n) is 4.59. The summed E-state index contributed by atoms with van der Waals surface area (Å²) >= 11 is 0. The average molecular weight is 380 g/mol. The van der Waals surface area contributed by atoms with Crippen LogP contribution in [-0.4, -0.2) is 35.1 Å². The van der Waals surface area contributed by atoms with Crippen LogP contribution in [0.15, 0.2) is 48.7 Å². The van der Waals surface area contributed by atoms with Crippen LogP contribution in [0.25, 0.3) is 5.69 Å². The second kappa shape index (κ2) is 8.56. The first kappa shape index (κ1) is 19.4. The lowest BCUT2D eigenvalue weighted by Gasteiger charge is -2.15. The zero-order chi connectivity index (χ0) is 20.1. The van der Waals surface area contributed by atoms with E-state index in [1.807, 2.05) is 49.4 Å². The second-order valence-electron chi connectivity index (χ2n) is 6.38. The Hall–Kier alpha value is -3.35. The molecule has 0 saturated heterocycles. The van der Waals surface area contributed by atoms with Crippen LogP contribution in [0.2, 0.25) is 0 Å². The van der Waals surface area contributed by atoms with E-state index in [1.54, 1.807) is 25.1 Å². The normalized spacial score (nSPS) is 11.7. The molecule has 1 atom stereocenters. The van der Waals surface area contributed by atoms with E-state index in [0.29, 0.717) is 11.5 Å². The van der Waals surface area contributed by atoms with Crippen molar-refractivity contribution in [2.24, 2.45) is 0 Å². The Balaban J connectivity index is 1.71. The van der Waals surface area contributed by atoms with Crippen molar-refractivity contribution in [3.05, 3.63) is 65.5 Å². The Bertz CT molecular complexity index is 951.